The van der Waals surface area contributed by atoms with Gasteiger partial charge in [0.25, 0.3) is 11.5 Å². The number of amides is 1. The summed E-state index contributed by atoms with van der Waals surface area (Å²) in [5, 5.41) is 2.66. The van der Waals surface area contributed by atoms with E-state index in [9.17, 15) is 27.2 Å². The monoisotopic (exact) mass is 507 g/mol. The maximum Gasteiger partial charge on any atom is 0.416 e. The predicted octanol–water partition coefficient (Wildman–Crippen LogP) is 4.21. The summed E-state index contributed by atoms with van der Waals surface area (Å²) in [6, 6.07) is 3.42. The molecule has 1 aromatic carbocycles. The molecule has 3 aromatic rings. The number of nitrogens with zero attached hydrogens (tertiary/aromatic N) is 3. The van der Waals surface area contributed by atoms with Crippen molar-refractivity contribution < 1.29 is 27.1 Å². The van der Waals surface area contributed by atoms with Gasteiger partial charge in [-0.05, 0) is 57.5 Å². The van der Waals surface area contributed by atoms with Crippen molar-refractivity contribution in [2.75, 3.05) is 18.4 Å². The third-order valence-electron chi connectivity index (χ3n) is 5.91. The average Bonchev–Trinajstić information content (AvgIpc) is 2.77. The zero-order valence-electron chi connectivity index (χ0n) is 20.0. The molecule has 0 bridgehead atoms. The first-order valence-corrected chi connectivity index (χ1v) is 11.3. The lowest BCUT2D eigenvalue weighted by molar-refractivity contribution is -0.138. The molecule has 1 aliphatic heterocycles. The lowest BCUT2D eigenvalue weighted by Gasteiger charge is -2.35. The number of benzene rings is 1. The van der Waals surface area contributed by atoms with Crippen molar-refractivity contribution in [3.8, 4) is 0 Å². The van der Waals surface area contributed by atoms with Gasteiger partial charge >= 0.3 is 6.18 Å². The van der Waals surface area contributed by atoms with Crippen molar-refractivity contribution in [3.05, 3.63) is 63.2 Å². The Hall–Kier alpha value is -3.54. The minimum Gasteiger partial charge on any atom is -0.375 e. The van der Waals surface area contributed by atoms with Gasteiger partial charge in [0, 0.05) is 19.1 Å². The van der Waals surface area contributed by atoms with Crippen molar-refractivity contribution >= 4 is 22.5 Å². The van der Waals surface area contributed by atoms with Crippen molar-refractivity contribution in [2.45, 2.75) is 52.1 Å². The standard InChI is InChI=1S/C24H25F4N5O3/c1-11-9-33(10-12(2)36-11)23(35)19-6-5-18(21(25)32-19)29-13(3)15-7-16-20(8-17(15)24(26,27)28)30-14(4)31-22(16)34/h5-8,11-13,29H,9-10H2,1-4H3,(H,30,31,34). The number of fused-ring (bicyclic) bond motifs is 1. The molecular formula is C24H25F4N5O3. The van der Waals surface area contributed by atoms with Crippen LogP contribution < -0.4 is 10.9 Å². The third-order valence-corrected chi connectivity index (χ3v) is 5.91. The Morgan fingerprint density at radius 1 is 1.19 bits per heavy atom. The highest BCUT2D eigenvalue weighted by atomic mass is 19.4. The lowest BCUT2D eigenvalue weighted by Crippen LogP contribution is -2.48. The smallest absolute Gasteiger partial charge is 0.375 e. The van der Waals surface area contributed by atoms with Gasteiger partial charge in [0.15, 0.2) is 0 Å². The molecule has 2 N–H and O–H groups in total. The number of carbonyl (C=O) groups excluding carboxylic acids is 1. The van der Waals surface area contributed by atoms with Crippen LogP contribution in [0.2, 0.25) is 0 Å². The number of aromatic nitrogens is 3. The Labute approximate surface area is 203 Å². The normalized spacial score (nSPS) is 19.4. The predicted molar refractivity (Wildman–Crippen MR) is 124 cm³/mol. The molecule has 1 aliphatic rings. The Bertz CT molecular complexity index is 1360. The van der Waals surface area contributed by atoms with E-state index in [1.807, 2.05) is 13.8 Å². The molecule has 1 amide bonds. The van der Waals surface area contributed by atoms with Crippen LogP contribution in [0.3, 0.4) is 0 Å². The van der Waals surface area contributed by atoms with Gasteiger partial charge in [0.2, 0.25) is 5.95 Å². The molecule has 3 atom stereocenters. The molecule has 12 heteroatoms. The molecule has 0 radical (unpaired) electrons. The number of alkyl halides is 3. The number of H-pyrrole nitrogens is 1. The number of halogens is 4. The second-order valence-electron chi connectivity index (χ2n) is 8.97. The molecule has 192 valence electrons. The SMILES string of the molecule is Cc1nc2cc(C(F)(F)F)c(C(C)Nc3ccc(C(=O)N4CC(C)OC(C)C4)nc3F)cc2c(=O)[nH]1. The Kier molecular flexibility index (Phi) is 6.74. The molecule has 4 rings (SSSR count). The van der Waals surface area contributed by atoms with Crippen LogP contribution in [-0.4, -0.2) is 51.1 Å². The molecule has 36 heavy (non-hydrogen) atoms. The minimum atomic E-state index is -4.74. The number of hydrogen-bond acceptors (Lipinski definition) is 6. The fourth-order valence-electron chi connectivity index (χ4n) is 4.40. The van der Waals surface area contributed by atoms with Crippen molar-refractivity contribution in [1.29, 1.82) is 0 Å². The summed E-state index contributed by atoms with van der Waals surface area (Å²) in [5.41, 5.74) is -2.25. The first-order chi connectivity index (χ1) is 16.8. The second-order valence-corrected chi connectivity index (χ2v) is 8.97. The van der Waals surface area contributed by atoms with E-state index in [0.717, 1.165) is 12.1 Å². The Balaban J connectivity index is 1.63. The maximum atomic E-state index is 14.8. The number of rotatable bonds is 4. The highest BCUT2D eigenvalue weighted by Gasteiger charge is 2.36. The minimum absolute atomic E-state index is 0.0224. The van der Waals surface area contributed by atoms with Crippen LogP contribution in [0.1, 0.15) is 54.3 Å². The summed E-state index contributed by atoms with van der Waals surface area (Å²) in [4.78, 5) is 36.8. The van der Waals surface area contributed by atoms with E-state index >= 15 is 0 Å². The summed E-state index contributed by atoms with van der Waals surface area (Å²) in [6.07, 6.45) is -5.10. The Morgan fingerprint density at radius 3 is 2.47 bits per heavy atom. The molecule has 0 saturated carbocycles. The molecular weight excluding hydrogens is 482 g/mol. The van der Waals surface area contributed by atoms with E-state index in [-0.39, 0.29) is 45.9 Å². The summed E-state index contributed by atoms with van der Waals surface area (Å²) in [5.74, 6) is -1.32. The van der Waals surface area contributed by atoms with Crippen molar-refractivity contribution in [2.24, 2.45) is 0 Å². The van der Waals surface area contributed by atoms with Crippen LogP contribution in [0, 0.1) is 12.9 Å². The van der Waals surface area contributed by atoms with Crippen LogP contribution >= 0.6 is 0 Å². The van der Waals surface area contributed by atoms with Gasteiger partial charge in [-0.25, -0.2) is 9.97 Å². The topological polar surface area (TPSA) is 100 Å². The summed E-state index contributed by atoms with van der Waals surface area (Å²) in [6.45, 7) is 7.19. The zero-order chi connectivity index (χ0) is 26.4. The van der Waals surface area contributed by atoms with E-state index in [0.29, 0.717) is 13.1 Å². The highest BCUT2D eigenvalue weighted by Crippen LogP contribution is 2.37. The number of hydrogen-bond donors (Lipinski definition) is 2. The van der Waals surface area contributed by atoms with Crippen molar-refractivity contribution in [1.82, 2.24) is 19.9 Å². The first-order valence-electron chi connectivity index (χ1n) is 11.3. The second kappa shape index (κ2) is 9.49. The molecule has 3 heterocycles. The van der Waals surface area contributed by atoms with E-state index in [1.165, 1.54) is 30.9 Å². The number of pyridine rings is 1. The number of nitrogens with one attached hydrogen (secondary N) is 2. The largest absolute Gasteiger partial charge is 0.416 e. The lowest BCUT2D eigenvalue weighted by atomic mass is 9.98. The molecule has 1 fully saturated rings. The van der Waals surface area contributed by atoms with Gasteiger partial charge in [0.05, 0.1) is 34.4 Å². The van der Waals surface area contributed by atoms with Crippen LogP contribution in [0.25, 0.3) is 10.9 Å². The number of anilines is 1. The van der Waals surface area contributed by atoms with Gasteiger partial charge in [0.1, 0.15) is 11.5 Å². The summed E-state index contributed by atoms with van der Waals surface area (Å²) < 4.78 is 62.0. The quantitative estimate of drug-likeness (QED) is 0.406. The number of aryl methyl sites for hydroxylation is 1. The van der Waals surface area contributed by atoms with Crippen LogP contribution in [0.4, 0.5) is 23.2 Å². The van der Waals surface area contributed by atoms with E-state index in [1.54, 1.807) is 0 Å². The van der Waals surface area contributed by atoms with Crippen molar-refractivity contribution in [3.63, 3.8) is 0 Å². The number of carbonyl (C=O) groups is 1. The number of morpholine rings is 1. The number of ether oxygens (including phenoxy) is 1. The van der Waals surface area contributed by atoms with Gasteiger partial charge < -0.3 is 19.9 Å². The fourth-order valence-corrected chi connectivity index (χ4v) is 4.40. The van der Waals surface area contributed by atoms with Gasteiger partial charge in [-0.2, -0.15) is 17.6 Å². The molecule has 0 spiro atoms. The van der Waals surface area contributed by atoms with Crippen LogP contribution in [0.15, 0.2) is 29.1 Å². The van der Waals surface area contributed by atoms with Gasteiger partial charge in [-0.3, -0.25) is 9.59 Å². The maximum absolute atomic E-state index is 14.8. The van der Waals surface area contributed by atoms with Gasteiger partial charge in [-0.15, -0.1) is 0 Å². The van der Waals surface area contributed by atoms with E-state index in [2.05, 4.69) is 20.3 Å². The Morgan fingerprint density at radius 2 is 1.86 bits per heavy atom. The average molecular weight is 507 g/mol. The summed E-state index contributed by atoms with van der Waals surface area (Å²) in [7, 11) is 0. The van der Waals surface area contributed by atoms with Crippen LogP contribution in [0.5, 0.6) is 0 Å². The number of aromatic amines is 1. The van der Waals surface area contributed by atoms with Gasteiger partial charge in [-0.1, -0.05) is 0 Å². The zero-order valence-corrected chi connectivity index (χ0v) is 20.0. The van der Waals surface area contributed by atoms with E-state index in [4.69, 9.17) is 4.74 Å². The third kappa shape index (κ3) is 5.18. The molecule has 2 aromatic heterocycles. The molecule has 3 unspecified atom stereocenters. The molecule has 8 nitrogen and oxygen atoms in total. The van der Waals surface area contributed by atoms with E-state index < -0.39 is 35.2 Å². The molecule has 0 aliphatic carbocycles. The summed E-state index contributed by atoms with van der Waals surface area (Å²) >= 11 is 0. The highest BCUT2D eigenvalue weighted by molar-refractivity contribution is 5.92. The fraction of sp³-hybridized carbons (Fsp3) is 0.417. The van der Waals surface area contributed by atoms with Crippen LogP contribution in [-0.2, 0) is 10.9 Å². The first kappa shape index (κ1) is 25.5. The molecule has 1 saturated heterocycles.